The average molecular weight is 230 g/mol. The van der Waals surface area contributed by atoms with E-state index in [2.05, 4.69) is 0 Å². The zero-order valence-corrected chi connectivity index (χ0v) is 9.22. The standard InChI is InChI=1S/C10H12ClNOS/c11-10-5(1-2-14-10)9(12)8-6-3-13-4-7(6)8/h1-2,6-9H,3-4,12H2. The van der Waals surface area contributed by atoms with Gasteiger partial charge in [-0.2, -0.15) is 0 Å². The highest BCUT2D eigenvalue weighted by molar-refractivity contribution is 7.14. The van der Waals surface area contributed by atoms with Crippen molar-refractivity contribution >= 4 is 22.9 Å². The summed E-state index contributed by atoms with van der Waals surface area (Å²) in [6, 6.07) is 2.17. The van der Waals surface area contributed by atoms with Gasteiger partial charge in [-0.3, -0.25) is 0 Å². The van der Waals surface area contributed by atoms with Crippen molar-refractivity contribution in [1.82, 2.24) is 0 Å². The van der Waals surface area contributed by atoms with Gasteiger partial charge in [-0.15, -0.1) is 11.3 Å². The maximum atomic E-state index is 6.20. The summed E-state index contributed by atoms with van der Waals surface area (Å²) in [6.07, 6.45) is 0. The van der Waals surface area contributed by atoms with Crippen molar-refractivity contribution in [2.45, 2.75) is 6.04 Å². The van der Waals surface area contributed by atoms with Gasteiger partial charge in [0.2, 0.25) is 0 Å². The molecule has 4 heteroatoms. The normalized spacial score (nSPS) is 36.9. The summed E-state index contributed by atoms with van der Waals surface area (Å²) in [5.74, 6) is 2.00. The fraction of sp³-hybridized carbons (Fsp3) is 0.600. The molecule has 1 aromatic heterocycles. The number of nitrogens with two attached hydrogens (primary N) is 1. The van der Waals surface area contributed by atoms with Crippen LogP contribution in [0.1, 0.15) is 11.6 Å². The molecule has 2 N–H and O–H groups in total. The van der Waals surface area contributed by atoms with E-state index in [0.29, 0.717) is 17.8 Å². The third kappa shape index (κ3) is 1.23. The van der Waals surface area contributed by atoms with Crippen molar-refractivity contribution in [2.75, 3.05) is 13.2 Å². The molecule has 0 spiro atoms. The smallest absolute Gasteiger partial charge is 0.0976 e. The van der Waals surface area contributed by atoms with Gasteiger partial charge in [0.25, 0.3) is 0 Å². The first-order valence-electron chi connectivity index (χ1n) is 4.85. The summed E-state index contributed by atoms with van der Waals surface area (Å²) in [6.45, 7) is 1.79. The molecular weight excluding hydrogens is 218 g/mol. The summed E-state index contributed by atoms with van der Waals surface area (Å²) in [7, 11) is 0. The molecule has 2 nitrogen and oxygen atoms in total. The van der Waals surface area contributed by atoms with Crippen LogP contribution in [0.15, 0.2) is 11.4 Å². The Morgan fingerprint density at radius 1 is 1.50 bits per heavy atom. The first-order chi connectivity index (χ1) is 6.79. The van der Waals surface area contributed by atoms with Gasteiger partial charge in [0.1, 0.15) is 0 Å². The largest absolute Gasteiger partial charge is 0.381 e. The van der Waals surface area contributed by atoms with E-state index in [4.69, 9.17) is 22.1 Å². The van der Waals surface area contributed by atoms with Gasteiger partial charge in [-0.25, -0.2) is 0 Å². The highest BCUT2D eigenvalue weighted by Crippen LogP contribution is 2.56. The van der Waals surface area contributed by atoms with Gasteiger partial charge >= 0.3 is 0 Å². The maximum absolute atomic E-state index is 6.20. The molecule has 0 bridgehead atoms. The Balaban J connectivity index is 1.78. The van der Waals surface area contributed by atoms with Crippen molar-refractivity contribution in [3.05, 3.63) is 21.3 Å². The molecule has 1 saturated carbocycles. The first-order valence-corrected chi connectivity index (χ1v) is 6.11. The Morgan fingerprint density at radius 2 is 2.21 bits per heavy atom. The van der Waals surface area contributed by atoms with Crippen LogP contribution in [0.4, 0.5) is 0 Å². The number of hydrogen-bond acceptors (Lipinski definition) is 3. The summed E-state index contributed by atoms with van der Waals surface area (Å²) >= 11 is 7.63. The molecule has 0 radical (unpaired) electrons. The zero-order valence-electron chi connectivity index (χ0n) is 7.65. The number of halogens is 1. The van der Waals surface area contributed by atoms with Crippen LogP contribution >= 0.6 is 22.9 Å². The zero-order chi connectivity index (χ0) is 9.71. The van der Waals surface area contributed by atoms with Crippen LogP contribution in [0.5, 0.6) is 0 Å². The van der Waals surface area contributed by atoms with Crippen LogP contribution in [-0.4, -0.2) is 13.2 Å². The Labute approximate surface area is 92.0 Å². The van der Waals surface area contributed by atoms with E-state index in [0.717, 1.165) is 23.1 Å². The molecule has 1 aromatic rings. The third-order valence-corrected chi connectivity index (χ3v) is 4.64. The van der Waals surface area contributed by atoms with Crippen molar-refractivity contribution < 1.29 is 4.74 Å². The highest BCUT2D eigenvalue weighted by atomic mass is 35.5. The monoisotopic (exact) mass is 229 g/mol. The molecule has 14 heavy (non-hydrogen) atoms. The SMILES string of the molecule is NC(c1ccsc1Cl)C1C2COCC21. The van der Waals surface area contributed by atoms with E-state index in [1.165, 1.54) is 0 Å². The second-order valence-electron chi connectivity index (χ2n) is 4.12. The molecule has 2 aliphatic rings. The molecule has 1 saturated heterocycles. The van der Waals surface area contributed by atoms with Gasteiger partial charge in [0.05, 0.1) is 17.6 Å². The summed E-state index contributed by atoms with van der Waals surface area (Å²) in [5, 5.41) is 2.01. The lowest BCUT2D eigenvalue weighted by molar-refractivity contribution is 0.146. The topological polar surface area (TPSA) is 35.2 Å². The van der Waals surface area contributed by atoms with Crippen molar-refractivity contribution in [2.24, 2.45) is 23.5 Å². The van der Waals surface area contributed by atoms with E-state index in [9.17, 15) is 0 Å². The predicted molar refractivity (Wildman–Crippen MR) is 57.5 cm³/mol. The average Bonchev–Trinajstić information content (AvgIpc) is 2.57. The lowest BCUT2D eigenvalue weighted by atomic mass is 10.0. The van der Waals surface area contributed by atoms with Crippen LogP contribution in [0, 0.1) is 17.8 Å². The minimum absolute atomic E-state index is 0.118. The molecule has 3 unspecified atom stereocenters. The van der Waals surface area contributed by atoms with E-state index in [1.807, 2.05) is 11.4 Å². The van der Waals surface area contributed by atoms with E-state index < -0.39 is 0 Å². The number of ether oxygens (including phenoxy) is 1. The Bertz CT molecular complexity index is 344. The van der Waals surface area contributed by atoms with Crippen molar-refractivity contribution in [3.63, 3.8) is 0 Å². The molecule has 76 valence electrons. The minimum atomic E-state index is 0.118. The van der Waals surface area contributed by atoms with Crippen LogP contribution in [0.25, 0.3) is 0 Å². The van der Waals surface area contributed by atoms with Crippen LogP contribution < -0.4 is 5.73 Å². The quantitative estimate of drug-likeness (QED) is 0.845. The van der Waals surface area contributed by atoms with Gasteiger partial charge in [-0.05, 0) is 34.8 Å². The van der Waals surface area contributed by atoms with Crippen LogP contribution in [-0.2, 0) is 4.74 Å². The van der Waals surface area contributed by atoms with Gasteiger partial charge in [0, 0.05) is 6.04 Å². The van der Waals surface area contributed by atoms with Crippen molar-refractivity contribution in [1.29, 1.82) is 0 Å². The molecule has 0 aromatic carbocycles. The summed E-state index contributed by atoms with van der Waals surface area (Å²) in [4.78, 5) is 0. The molecule has 3 atom stereocenters. The minimum Gasteiger partial charge on any atom is -0.381 e. The van der Waals surface area contributed by atoms with E-state index in [-0.39, 0.29) is 6.04 Å². The third-order valence-electron chi connectivity index (χ3n) is 3.44. The second-order valence-corrected chi connectivity index (χ2v) is 5.64. The molecule has 1 aliphatic heterocycles. The van der Waals surface area contributed by atoms with Gasteiger partial charge < -0.3 is 10.5 Å². The molecule has 2 heterocycles. The molecule has 3 rings (SSSR count). The van der Waals surface area contributed by atoms with Crippen LogP contribution in [0.2, 0.25) is 4.34 Å². The van der Waals surface area contributed by atoms with E-state index >= 15 is 0 Å². The number of rotatable bonds is 2. The highest BCUT2D eigenvalue weighted by Gasteiger charge is 2.56. The second kappa shape index (κ2) is 3.20. The summed E-state index contributed by atoms with van der Waals surface area (Å²) in [5.41, 5.74) is 7.32. The fourth-order valence-electron chi connectivity index (χ4n) is 2.57. The van der Waals surface area contributed by atoms with Crippen molar-refractivity contribution in [3.8, 4) is 0 Å². The van der Waals surface area contributed by atoms with Gasteiger partial charge in [-0.1, -0.05) is 11.6 Å². The molecular formula is C10H12ClNOS. The number of thiophene rings is 1. The Hall–Kier alpha value is -0.0900. The summed E-state index contributed by atoms with van der Waals surface area (Å²) < 4.78 is 6.20. The van der Waals surface area contributed by atoms with E-state index in [1.54, 1.807) is 11.3 Å². The molecule has 0 amide bonds. The Morgan fingerprint density at radius 3 is 2.79 bits per heavy atom. The maximum Gasteiger partial charge on any atom is 0.0976 e. The number of hydrogen-bond donors (Lipinski definition) is 1. The van der Waals surface area contributed by atoms with Gasteiger partial charge in [0.15, 0.2) is 0 Å². The first kappa shape index (κ1) is 9.16. The number of fused-ring (bicyclic) bond motifs is 1. The fourth-order valence-corrected chi connectivity index (χ4v) is 3.58. The lowest BCUT2D eigenvalue weighted by Gasteiger charge is -2.12. The molecule has 2 fully saturated rings. The molecule has 1 aliphatic carbocycles. The predicted octanol–water partition coefficient (Wildman–Crippen LogP) is 2.29. The lowest BCUT2D eigenvalue weighted by Crippen LogP contribution is -2.17. The van der Waals surface area contributed by atoms with Crippen LogP contribution in [0.3, 0.4) is 0 Å². The Kier molecular flexibility index (Phi) is 2.10.